The molecular formula is C15H15F3N2. The molecule has 0 heterocycles. The fraction of sp³-hybridized carbons (Fsp3) is 0.267. The van der Waals surface area contributed by atoms with Crippen LogP contribution < -0.4 is 5.32 Å². The quantitative estimate of drug-likeness (QED) is 0.806. The summed E-state index contributed by atoms with van der Waals surface area (Å²) in [5.74, 6) is 0. The Morgan fingerprint density at radius 2 is 2.10 bits per heavy atom. The normalized spacial score (nSPS) is 13.0. The first kappa shape index (κ1) is 15.8. The predicted octanol–water partition coefficient (Wildman–Crippen LogP) is 4.77. The lowest BCUT2D eigenvalue weighted by Crippen LogP contribution is -2.19. The summed E-state index contributed by atoms with van der Waals surface area (Å²) in [5, 5.41) is 11.1. The first-order valence-corrected chi connectivity index (χ1v) is 6.09. The summed E-state index contributed by atoms with van der Waals surface area (Å²) >= 11 is 0. The Hall–Kier alpha value is -2.22. The second-order valence-electron chi connectivity index (χ2n) is 4.23. The van der Waals surface area contributed by atoms with Gasteiger partial charge in [0.15, 0.2) is 0 Å². The summed E-state index contributed by atoms with van der Waals surface area (Å²) in [6, 6.07) is 7.81. The molecule has 0 saturated heterocycles. The molecule has 0 aromatic heterocycles. The lowest BCUT2D eigenvalue weighted by atomic mass is 10.2. The highest BCUT2D eigenvalue weighted by Crippen LogP contribution is 2.28. The molecule has 0 aliphatic rings. The molecule has 1 rings (SSSR count). The van der Waals surface area contributed by atoms with E-state index in [-0.39, 0.29) is 5.69 Å². The molecule has 0 saturated carbocycles. The molecule has 0 aliphatic heterocycles. The molecule has 1 aromatic rings. The molecule has 1 aromatic carbocycles. The van der Waals surface area contributed by atoms with Gasteiger partial charge in [-0.2, -0.15) is 18.4 Å². The topological polar surface area (TPSA) is 35.8 Å². The van der Waals surface area contributed by atoms with Crippen LogP contribution in [0.3, 0.4) is 0 Å². The monoisotopic (exact) mass is 280 g/mol. The van der Waals surface area contributed by atoms with E-state index in [0.717, 1.165) is 6.08 Å². The fourth-order valence-corrected chi connectivity index (χ4v) is 1.62. The lowest BCUT2D eigenvalue weighted by Gasteiger charge is -2.15. The molecule has 0 aliphatic carbocycles. The number of halogens is 3. The van der Waals surface area contributed by atoms with Crippen molar-refractivity contribution in [3.63, 3.8) is 0 Å². The predicted molar refractivity (Wildman–Crippen MR) is 73.0 cm³/mol. The standard InChI is InChI=1S/C15H15F3N2/c1-3-5-11(2)8-14(15(16,17)18)20-13-7-4-6-12(9-13)10-19/h4-9,20H,3H2,1-2H3/b11-5+,14-8-. The maximum Gasteiger partial charge on any atom is 0.431 e. The van der Waals surface area contributed by atoms with Crippen molar-refractivity contribution in [2.75, 3.05) is 5.32 Å². The Labute approximate surface area is 116 Å². The number of nitrogens with one attached hydrogen (secondary N) is 1. The summed E-state index contributed by atoms with van der Waals surface area (Å²) < 4.78 is 38.9. The minimum Gasteiger partial charge on any atom is -0.351 e. The second kappa shape index (κ2) is 6.80. The van der Waals surface area contributed by atoms with Crippen molar-refractivity contribution in [1.29, 1.82) is 5.26 Å². The number of allylic oxidation sites excluding steroid dienone is 4. The molecule has 0 atom stereocenters. The van der Waals surface area contributed by atoms with Crippen LogP contribution in [0.2, 0.25) is 0 Å². The van der Waals surface area contributed by atoms with Crippen LogP contribution in [-0.2, 0) is 0 Å². The van der Waals surface area contributed by atoms with Gasteiger partial charge in [0.2, 0.25) is 0 Å². The molecule has 0 spiro atoms. The number of benzene rings is 1. The highest BCUT2D eigenvalue weighted by Gasteiger charge is 2.33. The van der Waals surface area contributed by atoms with E-state index in [0.29, 0.717) is 17.6 Å². The van der Waals surface area contributed by atoms with Gasteiger partial charge in [-0.3, -0.25) is 0 Å². The summed E-state index contributed by atoms with van der Waals surface area (Å²) in [4.78, 5) is 0. The number of anilines is 1. The third kappa shape index (κ3) is 4.81. The number of nitrogens with zero attached hydrogens (tertiary/aromatic N) is 1. The zero-order valence-electron chi connectivity index (χ0n) is 11.3. The third-order valence-electron chi connectivity index (χ3n) is 2.47. The Balaban J connectivity index is 3.08. The first-order chi connectivity index (χ1) is 9.36. The Kier molecular flexibility index (Phi) is 5.39. The van der Waals surface area contributed by atoms with Crippen LogP contribution in [0.5, 0.6) is 0 Å². The van der Waals surface area contributed by atoms with E-state index in [1.165, 1.54) is 24.3 Å². The highest BCUT2D eigenvalue weighted by atomic mass is 19.4. The SMILES string of the molecule is CC/C=C(C)/C=C(\Nc1cccc(C#N)c1)C(F)(F)F. The molecule has 2 nitrogen and oxygen atoms in total. The van der Waals surface area contributed by atoms with Gasteiger partial charge in [-0.25, -0.2) is 0 Å². The van der Waals surface area contributed by atoms with Gasteiger partial charge in [-0.15, -0.1) is 0 Å². The maximum atomic E-state index is 13.0. The van der Waals surface area contributed by atoms with Gasteiger partial charge >= 0.3 is 6.18 Å². The summed E-state index contributed by atoms with van der Waals surface area (Å²) in [5.41, 5.74) is 0.216. The van der Waals surface area contributed by atoms with E-state index in [9.17, 15) is 13.2 Å². The minimum atomic E-state index is -4.48. The van der Waals surface area contributed by atoms with Crippen LogP contribution in [0.15, 0.2) is 47.7 Å². The van der Waals surface area contributed by atoms with Crippen LogP contribution in [-0.4, -0.2) is 6.18 Å². The van der Waals surface area contributed by atoms with Crippen LogP contribution in [0, 0.1) is 11.3 Å². The zero-order chi connectivity index (χ0) is 15.2. The number of nitriles is 1. The van der Waals surface area contributed by atoms with Crippen LogP contribution in [0.1, 0.15) is 25.8 Å². The smallest absolute Gasteiger partial charge is 0.351 e. The molecule has 0 amide bonds. The maximum absolute atomic E-state index is 13.0. The average molecular weight is 280 g/mol. The first-order valence-electron chi connectivity index (χ1n) is 6.09. The highest BCUT2D eigenvalue weighted by molar-refractivity contribution is 5.54. The van der Waals surface area contributed by atoms with E-state index in [2.05, 4.69) is 5.32 Å². The van der Waals surface area contributed by atoms with E-state index in [1.54, 1.807) is 13.0 Å². The number of alkyl halides is 3. The Morgan fingerprint density at radius 1 is 1.40 bits per heavy atom. The molecule has 5 heteroatoms. The van der Waals surface area contributed by atoms with E-state index >= 15 is 0 Å². The van der Waals surface area contributed by atoms with Crippen LogP contribution in [0.4, 0.5) is 18.9 Å². The molecule has 106 valence electrons. The van der Waals surface area contributed by atoms with Crippen molar-refractivity contribution in [1.82, 2.24) is 0 Å². The third-order valence-corrected chi connectivity index (χ3v) is 2.47. The minimum absolute atomic E-state index is 0.233. The average Bonchev–Trinajstić information content (AvgIpc) is 2.37. The van der Waals surface area contributed by atoms with Gasteiger partial charge in [0.05, 0.1) is 11.6 Å². The van der Waals surface area contributed by atoms with Crippen LogP contribution >= 0.6 is 0 Å². The van der Waals surface area contributed by atoms with E-state index < -0.39 is 11.9 Å². The molecule has 20 heavy (non-hydrogen) atoms. The number of rotatable bonds is 4. The van der Waals surface area contributed by atoms with Crippen LogP contribution in [0.25, 0.3) is 0 Å². The Morgan fingerprint density at radius 3 is 2.65 bits per heavy atom. The summed E-state index contributed by atoms with van der Waals surface area (Å²) in [7, 11) is 0. The van der Waals surface area contributed by atoms with Crippen molar-refractivity contribution in [3.05, 3.63) is 53.3 Å². The second-order valence-corrected chi connectivity index (χ2v) is 4.23. The molecule has 0 radical (unpaired) electrons. The molecule has 0 bridgehead atoms. The van der Waals surface area contributed by atoms with Crippen molar-refractivity contribution < 1.29 is 13.2 Å². The zero-order valence-corrected chi connectivity index (χ0v) is 11.3. The fourth-order valence-electron chi connectivity index (χ4n) is 1.62. The van der Waals surface area contributed by atoms with Crippen molar-refractivity contribution in [3.8, 4) is 6.07 Å². The van der Waals surface area contributed by atoms with Crippen molar-refractivity contribution in [2.45, 2.75) is 26.4 Å². The molecular weight excluding hydrogens is 265 g/mol. The molecule has 0 fully saturated rings. The molecule has 0 unspecified atom stereocenters. The van der Waals surface area contributed by atoms with E-state index in [1.807, 2.05) is 13.0 Å². The molecule has 1 N–H and O–H groups in total. The summed E-state index contributed by atoms with van der Waals surface area (Å²) in [6.45, 7) is 3.47. The van der Waals surface area contributed by atoms with Crippen molar-refractivity contribution in [2.24, 2.45) is 0 Å². The van der Waals surface area contributed by atoms with Gasteiger partial charge in [0.1, 0.15) is 5.70 Å². The van der Waals surface area contributed by atoms with Crippen molar-refractivity contribution >= 4 is 5.69 Å². The van der Waals surface area contributed by atoms with E-state index in [4.69, 9.17) is 5.26 Å². The van der Waals surface area contributed by atoms with Gasteiger partial charge in [-0.1, -0.05) is 24.6 Å². The Bertz CT molecular complexity index is 563. The van der Waals surface area contributed by atoms with Gasteiger partial charge in [-0.05, 0) is 37.6 Å². The largest absolute Gasteiger partial charge is 0.431 e. The summed E-state index contributed by atoms with van der Waals surface area (Å²) in [6.07, 6.45) is -1.05. The van der Waals surface area contributed by atoms with Gasteiger partial charge < -0.3 is 5.32 Å². The van der Waals surface area contributed by atoms with Gasteiger partial charge in [0.25, 0.3) is 0 Å². The van der Waals surface area contributed by atoms with Gasteiger partial charge in [0, 0.05) is 5.69 Å². The lowest BCUT2D eigenvalue weighted by molar-refractivity contribution is -0.0903. The number of hydrogen-bond acceptors (Lipinski definition) is 2. The number of hydrogen-bond donors (Lipinski definition) is 1.